The van der Waals surface area contributed by atoms with Crippen LogP contribution in [0.4, 0.5) is 4.39 Å². The Morgan fingerprint density at radius 2 is 2.04 bits per heavy atom. The second-order valence-corrected chi connectivity index (χ2v) is 7.43. The molecule has 0 atom stereocenters. The molecule has 0 aliphatic rings. The summed E-state index contributed by atoms with van der Waals surface area (Å²) in [5.74, 6) is 0.452. The summed E-state index contributed by atoms with van der Waals surface area (Å²) in [4.78, 5) is 19.4. The zero-order chi connectivity index (χ0) is 19.6. The van der Waals surface area contributed by atoms with E-state index in [1.807, 2.05) is 25.1 Å². The minimum absolute atomic E-state index is 0.198. The molecule has 0 saturated carbocycles. The summed E-state index contributed by atoms with van der Waals surface area (Å²) in [6, 6.07) is 11.4. The normalized spacial score (nSPS) is 11.3. The van der Waals surface area contributed by atoms with Crippen LogP contribution in [0.2, 0.25) is 5.02 Å². The predicted octanol–water partition coefficient (Wildman–Crippen LogP) is 5.15. The van der Waals surface area contributed by atoms with Gasteiger partial charge in [-0.05, 0) is 49.2 Å². The van der Waals surface area contributed by atoms with Gasteiger partial charge in [-0.1, -0.05) is 31.5 Å². The molecule has 0 saturated heterocycles. The van der Waals surface area contributed by atoms with Crippen LogP contribution in [-0.4, -0.2) is 26.9 Å². The monoisotopic (exact) mass is 387 g/mol. The molecular weight excluding hydrogens is 365 g/mol. The summed E-state index contributed by atoms with van der Waals surface area (Å²) in [6.07, 6.45) is 0. The van der Waals surface area contributed by atoms with Crippen molar-refractivity contribution in [3.8, 4) is 0 Å². The highest BCUT2D eigenvalue weighted by Gasteiger charge is 2.21. The van der Waals surface area contributed by atoms with Crippen LogP contribution in [0.25, 0.3) is 11.0 Å². The van der Waals surface area contributed by atoms with Gasteiger partial charge in [0.1, 0.15) is 11.6 Å². The highest BCUT2D eigenvalue weighted by atomic mass is 35.5. The number of fused-ring (bicyclic) bond motifs is 1. The van der Waals surface area contributed by atoms with Crippen LogP contribution >= 0.6 is 11.6 Å². The van der Waals surface area contributed by atoms with Gasteiger partial charge in [0.05, 0.1) is 17.6 Å². The second-order valence-electron chi connectivity index (χ2n) is 7.00. The summed E-state index contributed by atoms with van der Waals surface area (Å²) in [7, 11) is 0. The van der Waals surface area contributed by atoms with E-state index in [2.05, 4.69) is 18.4 Å². The van der Waals surface area contributed by atoms with E-state index >= 15 is 0 Å². The van der Waals surface area contributed by atoms with Crippen molar-refractivity contribution in [2.75, 3.05) is 6.54 Å². The van der Waals surface area contributed by atoms with Crippen molar-refractivity contribution >= 4 is 28.5 Å². The summed E-state index contributed by atoms with van der Waals surface area (Å²) < 4.78 is 15.6. The molecule has 3 rings (SSSR count). The number of amides is 1. The Bertz CT molecular complexity index is 967. The fourth-order valence-corrected chi connectivity index (χ4v) is 3.42. The van der Waals surface area contributed by atoms with Gasteiger partial charge in [-0.2, -0.15) is 0 Å². The van der Waals surface area contributed by atoms with Gasteiger partial charge in [-0.3, -0.25) is 4.79 Å². The Balaban J connectivity index is 1.97. The minimum Gasteiger partial charge on any atom is -0.331 e. The summed E-state index contributed by atoms with van der Waals surface area (Å²) in [5.41, 5.74) is 2.14. The third-order valence-electron chi connectivity index (χ3n) is 4.38. The van der Waals surface area contributed by atoms with Crippen molar-refractivity contribution in [3.63, 3.8) is 0 Å². The Morgan fingerprint density at radius 1 is 1.26 bits per heavy atom. The molecule has 27 heavy (non-hydrogen) atoms. The molecule has 142 valence electrons. The van der Waals surface area contributed by atoms with Gasteiger partial charge < -0.3 is 9.47 Å². The van der Waals surface area contributed by atoms with E-state index in [1.165, 1.54) is 12.1 Å². The van der Waals surface area contributed by atoms with Crippen LogP contribution in [0, 0.1) is 11.7 Å². The van der Waals surface area contributed by atoms with Gasteiger partial charge in [0.15, 0.2) is 0 Å². The number of carbonyl (C=O) groups excluding carboxylic acids is 1. The topological polar surface area (TPSA) is 38.1 Å². The van der Waals surface area contributed by atoms with Gasteiger partial charge in [-0.25, -0.2) is 9.37 Å². The fraction of sp³-hybridized carbons (Fsp3) is 0.333. The SMILES string of the molecule is CCn1c(CN(CC(C)C)C(=O)c2cccc(F)c2)nc2ccc(Cl)cc21. The lowest BCUT2D eigenvalue weighted by atomic mass is 10.1. The Hall–Kier alpha value is -2.40. The number of imidazole rings is 1. The first-order valence-electron chi connectivity index (χ1n) is 9.08. The van der Waals surface area contributed by atoms with Crippen molar-refractivity contribution < 1.29 is 9.18 Å². The van der Waals surface area contributed by atoms with Gasteiger partial charge in [0, 0.05) is 23.7 Å². The van der Waals surface area contributed by atoms with Crippen LogP contribution < -0.4 is 0 Å². The van der Waals surface area contributed by atoms with Crippen molar-refractivity contribution in [3.05, 3.63) is 64.7 Å². The molecule has 0 N–H and O–H groups in total. The number of aromatic nitrogens is 2. The summed E-state index contributed by atoms with van der Waals surface area (Å²) in [5, 5.41) is 0.651. The molecule has 3 aromatic rings. The Labute approximate surface area is 163 Å². The molecule has 4 nitrogen and oxygen atoms in total. The molecule has 1 aromatic heterocycles. The van der Waals surface area contributed by atoms with E-state index in [-0.39, 0.29) is 11.8 Å². The second kappa shape index (κ2) is 8.09. The Morgan fingerprint density at radius 3 is 2.70 bits per heavy atom. The van der Waals surface area contributed by atoms with Crippen LogP contribution in [0.3, 0.4) is 0 Å². The minimum atomic E-state index is -0.416. The maximum Gasteiger partial charge on any atom is 0.254 e. The number of aryl methyl sites for hydroxylation is 1. The lowest BCUT2D eigenvalue weighted by Gasteiger charge is -2.25. The van der Waals surface area contributed by atoms with E-state index in [0.717, 1.165) is 23.4 Å². The highest BCUT2D eigenvalue weighted by Crippen LogP contribution is 2.22. The van der Waals surface area contributed by atoms with Gasteiger partial charge in [0.25, 0.3) is 5.91 Å². The predicted molar refractivity (Wildman–Crippen MR) is 106 cm³/mol. The van der Waals surface area contributed by atoms with Crippen molar-refractivity contribution in [2.45, 2.75) is 33.9 Å². The first-order valence-corrected chi connectivity index (χ1v) is 9.46. The standard InChI is InChI=1S/C21H23ClFN3O/c1-4-26-19-11-16(22)8-9-18(19)24-20(26)13-25(12-14(2)3)21(27)15-6-5-7-17(23)10-15/h5-11,14H,4,12-13H2,1-3H3. The molecule has 0 aliphatic carbocycles. The van der Waals surface area contributed by atoms with Crippen molar-refractivity contribution in [2.24, 2.45) is 5.92 Å². The lowest BCUT2D eigenvalue weighted by molar-refractivity contribution is 0.0716. The molecule has 0 aliphatic heterocycles. The van der Waals surface area contributed by atoms with E-state index in [0.29, 0.717) is 23.7 Å². The van der Waals surface area contributed by atoms with Crippen LogP contribution in [0.5, 0.6) is 0 Å². The number of hydrogen-bond acceptors (Lipinski definition) is 2. The number of rotatable bonds is 6. The van der Waals surface area contributed by atoms with Crippen LogP contribution in [0.15, 0.2) is 42.5 Å². The quantitative estimate of drug-likeness (QED) is 0.586. The van der Waals surface area contributed by atoms with E-state index < -0.39 is 5.82 Å². The van der Waals surface area contributed by atoms with E-state index in [4.69, 9.17) is 16.6 Å². The molecule has 0 radical (unpaired) electrons. The third-order valence-corrected chi connectivity index (χ3v) is 4.62. The van der Waals surface area contributed by atoms with Crippen LogP contribution in [0.1, 0.15) is 37.0 Å². The summed E-state index contributed by atoms with van der Waals surface area (Å²) >= 11 is 6.14. The third kappa shape index (κ3) is 4.30. The fourth-order valence-electron chi connectivity index (χ4n) is 3.25. The zero-order valence-electron chi connectivity index (χ0n) is 15.7. The molecule has 6 heteroatoms. The molecule has 1 heterocycles. The molecule has 0 fully saturated rings. The molecule has 0 unspecified atom stereocenters. The average Bonchev–Trinajstić information content (AvgIpc) is 2.96. The molecule has 0 bridgehead atoms. The lowest BCUT2D eigenvalue weighted by Crippen LogP contribution is -2.34. The maximum atomic E-state index is 13.6. The van der Waals surface area contributed by atoms with Gasteiger partial charge in [0.2, 0.25) is 0 Å². The molecular formula is C21H23ClFN3O. The first-order chi connectivity index (χ1) is 12.9. The smallest absolute Gasteiger partial charge is 0.254 e. The summed E-state index contributed by atoms with van der Waals surface area (Å²) in [6.45, 7) is 7.77. The number of nitrogens with zero attached hydrogens (tertiary/aromatic N) is 3. The average molecular weight is 388 g/mol. The zero-order valence-corrected chi connectivity index (χ0v) is 16.5. The largest absolute Gasteiger partial charge is 0.331 e. The number of hydrogen-bond donors (Lipinski definition) is 0. The van der Waals surface area contributed by atoms with E-state index in [9.17, 15) is 9.18 Å². The Kier molecular flexibility index (Phi) is 5.80. The van der Waals surface area contributed by atoms with Gasteiger partial charge in [-0.15, -0.1) is 0 Å². The highest BCUT2D eigenvalue weighted by molar-refractivity contribution is 6.31. The maximum absolute atomic E-state index is 13.6. The number of benzene rings is 2. The molecule has 0 spiro atoms. The molecule has 1 amide bonds. The van der Waals surface area contributed by atoms with E-state index in [1.54, 1.807) is 17.0 Å². The van der Waals surface area contributed by atoms with Gasteiger partial charge >= 0.3 is 0 Å². The number of halogens is 2. The molecule has 2 aromatic carbocycles. The van der Waals surface area contributed by atoms with Crippen LogP contribution in [-0.2, 0) is 13.1 Å². The van der Waals surface area contributed by atoms with Crippen molar-refractivity contribution in [1.82, 2.24) is 14.5 Å². The van der Waals surface area contributed by atoms with Crippen molar-refractivity contribution in [1.29, 1.82) is 0 Å². The first kappa shape index (κ1) is 19.4. The number of carbonyl (C=O) groups is 1.